The summed E-state index contributed by atoms with van der Waals surface area (Å²) in [5, 5.41) is 13.3. The second-order valence-corrected chi connectivity index (χ2v) is 11.2. The SMILES string of the molecule is C=CC1C[N+]2(Cc3ccccc3)CCC1CC2C(O)c1cc[n+](Cc2ccccc2)c2cc(OC)ccc12. The van der Waals surface area contributed by atoms with Crippen LogP contribution in [0.1, 0.15) is 35.6 Å². The maximum Gasteiger partial charge on any atom is 0.216 e. The lowest BCUT2D eigenvalue weighted by molar-refractivity contribution is -0.984. The van der Waals surface area contributed by atoms with Crippen LogP contribution in [0.4, 0.5) is 0 Å². The fourth-order valence-electron chi connectivity index (χ4n) is 7.17. The summed E-state index contributed by atoms with van der Waals surface area (Å²) in [6, 6.07) is 29.9. The van der Waals surface area contributed by atoms with Crippen molar-refractivity contribution in [2.75, 3.05) is 20.2 Å². The Bertz CT molecular complexity index is 1420. The van der Waals surface area contributed by atoms with Crippen LogP contribution in [0.15, 0.2) is 104 Å². The lowest BCUT2D eigenvalue weighted by Gasteiger charge is -2.58. The zero-order chi connectivity index (χ0) is 26.1. The number of ether oxygens (including phenoxy) is 1. The minimum Gasteiger partial charge on any atom is -0.497 e. The minimum atomic E-state index is -0.547. The standard InChI is InChI=1S/C34H38N2O2/c1-3-27-24-36(23-26-12-8-5-9-13-26)19-17-28(27)20-33(36)34(37)31-16-18-35(22-25-10-6-4-7-11-25)32-21-29(38-2)14-15-30(31)32/h3-16,18,21,27-28,33-34,37H,1,17,19-20,22-24H2,2H3/q+2. The molecule has 194 valence electrons. The first kappa shape index (κ1) is 24.8. The Labute approximate surface area is 226 Å². The molecule has 0 saturated carbocycles. The van der Waals surface area contributed by atoms with E-state index in [2.05, 4.69) is 96.2 Å². The normalized spacial score (nSPS) is 25.3. The second kappa shape index (κ2) is 10.4. The number of hydrogen-bond donors (Lipinski definition) is 1. The number of nitrogens with zero attached hydrogens (tertiary/aromatic N) is 2. The van der Waals surface area contributed by atoms with Gasteiger partial charge in [0.25, 0.3) is 0 Å². The summed E-state index contributed by atoms with van der Waals surface area (Å²) in [6.07, 6.45) is 5.99. The third kappa shape index (κ3) is 4.53. The van der Waals surface area contributed by atoms with E-state index in [1.54, 1.807) is 7.11 Å². The Kier molecular flexibility index (Phi) is 6.77. The molecule has 3 fully saturated rings. The number of aromatic nitrogens is 1. The van der Waals surface area contributed by atoms with Crippen LogP contribution in [-0.2, 0) is 13.1 Å². The largest absolute Gasteiger partial charge is 0.497 e. The molecule has 4 aromatic rings. The summed E-state index contributed by atoms with van der Waals surface area (Å²) in [4.78, 5) is 0. The average Bonchev–Trinajstić information content (AvgIpc) is 2.97. The van der Waals surface area contributed by atoms with Gasteiger partial charge in [-0.05, 0) is 18.1 Å². The molecular formula is C34H38N2O2+2. The molecule has 3 saturated heterocycles. The highest BCUT2D eigenvalue weighted by Crippen LogP contribution is 2.48. The molecule has 4 heteroatoms. The van der Waals surface area contributed by atoms with E-state index < -0.39 is 6.10 Å². The number of fused-ring (bicyclic) bond motifs is 4. The average molecular weight is 507 g/mol. The molecule has 1 N–H and O–H groups in total. The van der Waals surface area contributed by atoms with Gasteiger partial charge in [0, 0.05) is 41.5 Å². The van der Waals surface area contributed by atoms with Gasteiger partial charge in [0.2, 0.25) is 5.52 Å². The zero-order valence-corrected chi connectivity index (χ0v) is 22.2. The lowest BCUT2D eigenvalue weighted by atomic mass is 9.71. The predicted octanol–water partition coefficient (Wildman–Crippen LogP) is 5.83. The number of pyridine rings is 1. The highest BCUT2D eigenvalue weighted by Gasteiger charge is 2.54. The van der Waals surface area contributed by atoms with Gasteiger partial charge < -0.3 is 14.3 Å². The van der Waals surface area contributed by atoms with Crippen LogP contribution >= 0.6 is 0 Å². The van der Waals surface area contributed by atoms with Crippen molar-refractivity contribution in [3.8, 4) is 5.75 Å². The number of rotatable bonds is 8. The Hall–Kier alpha value is -3.47. The third-order valence-corrected chi connectivity index (χ3v) is 9.15. The monoisotopic (exact) mass is 506 g/mol. The molecular weight excluding hydrogens is 468 g/mol. The Morgan fingerprint density at radius 3 is 2.47 bits per heavy atom. The minimum absolute atomic E-state index is 0.153. The van der Waals surface area contributed by atoms with E-state index in [0.29, 0.717) is 11.8 Å². The molecule has 38 heavy (non-hydrogen) atoms. The van der Waals surface area contributed by atoms with Gasteiger partial charge in [-0.2, -0.15) is 4.57 Å². The summed E-state index contributed by atoms with van der Waals surface area (Å²) >= 11 is 0. The van der Waals surface area contributed by atoms with Crippen molar-refractivity contribution < 1.29 is 18.9 Å². The number of hydrogen-bond acceptors (Lipinski definition) is 2. The molecule has 0 aliphatic carbocycles. The molecule has 4 heterocycles. The number of aliphatic hydroxyl groups is 1. The van der Waals surface area contributed by atoms with E-state index in [9.17, 15) is 5.11 Å². The smallest absolute Gasteiger partial charge is 0.216 e. The van der Waals surface area contributed by atoms with Crippen LogP contribution in [0.2, 0.25) is 0 Å². The molecule has 0 spiro atoms. The first-order valence-electron chi connectivity index (χ1n) is 13.8. The summed E-state index contributed by atoms with van der Waals surface area (Å²) in [5.41, 5.74) is 4.69. The highest BCUT2D eigenvalue weighted by atomic mass is 16.5. The fraction of sp³-hybridized carbons (Fsp3) is 0.324. The van der Waals surface area contributed by atoms with E-state index in [4.69, 9.17) is 4.74 Å². The number of quaternary nitrogens is 1. The number of benzene rings is 3. The van der Waals surface area contributed by atoms with Crippen LogP contribution in [0.3, 0.4) is 0 Å². The van der Waals surface area contributed by atoms with Crippen molar-refractivity contribution >= 4 is 10.9 Å². The van der Waals surface area contributed by atoms with Gasteiger partial charge in [-0.25, -0.2) is 0 Å². The van der Waals surface area contributed by atoms with E-state index in [1.165, 1.54) is 17.5 Å². The van der Waals surface area contributed by atoms with Crippen LogP contribution in [0, 0.1) is 11.8 Å². The topological polar surface area (TPSA) is 33.3 Å². The Morgan fingerprint density at radius 2 is 1.76 bits per heavy atom. The number of methoxy groups -OCH3 is 1. The summed E-state index contributed by atoms with van der Waals surface area (Å²) < 4.78 is 8.79. The number of piperidine rings is 3. The predicted molar refractivity (Wildman–Crippen MR) is 152 cm³/mol. The van der Waals surface area contributed by atoms with Crippen molar-refractivity contribution in [3.05, 3.63) is 120 Å². The molecule has 1 aromatic heterocycles. The number of aliphatic hydroxyl groups excluding tert-OH is 1. The molecule has 3 aliphatic heterocycles. The van der Waals surface area contributed by atoms with Crippen molar-refractivity contribution in [3.63, 3.8) is 0 Å². The van der Waals surface area contributed by atoms with E-state index in [1.807, 2.05) is 12.1 Å². The van der Waals surface area contributed by atoms with Crippen LogP contribution in [0.5, 0.6) is 5.75 Å². The second-order valence-electron chi connectivity index (χ2n) is 11.2. The van der Waals surface area contributed by atoms with Gasteiger partial charge in [-0.3, -0.25) is 0 Å². The molecule has 4 nitrogen and oxygen atoms in total. The molecule has 0 amide bonds. The quantitative estimate of drug-likeness (QED) is 0.185. The first-order chi connectivity index (χ1) is 18.6. The summed E-state index contributed by atoms with van der Waals surface area (Å²) in [7, 11) is 1.71. The molecule has 3 aliphatic rings. The highest BCUT2D eigenvalue weighted by molar-refractivity contribution is 5.81. The van der Waals surface area contributed by atoms with Gasteiger partial charge in [0.15, 0.2) is 12.7 Å². The van der Waals surface area contributed by atoms with Crippen molar-refractivity contribution in [2.45, 2.75) is 38.1 Å². The third-order valence-electron chi connectivity index (χ3n) is 9.15. The Balaban J connectivity index is 1.41. The van der Waals surface area contributed by atoms with E-state index in [0.717, 1.165) is 59.3 Å². The first-order valence-corrected chi connectivity index (χ1v) is 13.8. The van der Waals surface area contributed by atoms with Crippen LogP contribution < -0.4 is 9.30 Å². The van der Waals surface area contributed by atoms with Gasteiger partial charge in [0.1, 0.15) is 24.4 Å². The van der Waals surface area contributed by atoms with E-state index in [-0.39, 0.29) is 6.04 Å². The maximum absolute atomic E-state index is 12.2. The Morgan fingerprint density at radius 1 is 1.03 bits per heavy atom. The van der Waals surface area contributed by atoms with Gasteiger partial charge in [-0.1, -0.05) is 66.7 Å². The van der Waals surface area contributed by atoms with Gasteiger partial charge in [-0.15, -0.1) is 6.58 Å². The molecule has 2 bridgehead atoms. The summed E-state index contributed by atoms with van der Waals surface area (Å²) in [5.74, 6) is 1.94. The fourth-order valence-corrected chi connectivity index (χ4v) is 7.17. The van der Waals surface area contributed by atoms with Gasteiger partial charge in [0.05, 0.1) is 31.7 Å². The van der Waals surface area contributed by atoms with Gasteiger partial charge >= 0.3 is 0 Å². The van der Waals surface area contributed by atoms with Crippen LogP contribution in [0.25, 0.3) is 10.9 Å². The van der Waals surface area contributed by atoms with Crippen molar-refractivity contribution in [2.24, 2.45) is 11.8 Å². The van der Waals surface area contributed by atoms with Crippen molar-refractivity contribution in [1.29, 1.82) is 0 Å². The van der Waals surface area contributed by atoms with E-state index >= 15 is 0 Å². The molecule has 5 atom stereocenters. The zero-order valence-electron chi connectivity index (χ0n) is 22.2. The summed E-state index contributed by atoms with van der Waals surface area (Å²) in [6.45, 7) is 8.06. The molecule has 3 aromatic carbocycles. The van der Waals surface area contributed by atoms with Crippen molar-refractivity contribution in [1.82, 2.24) is 0 Å². The molecule has 5 unspecified atom stereocenters. The molecule has 7 rings (SSSR count). The maximum atomic E-state index is 12.2. The lowest BCUT2D eigenvalue weighted by Crippen LogP contribution is -2.67. The van der Waals surface area contributed by atoms with Crippen LogP contribution in [-0.4, -0.2) is 35.8 Å². The molecule has 0 radical (unpaired) electrons.